The zero-order valence-corrected chi connectivity index (χ0v) is 17.1. The summed E-state index contributed by atoms with van der Waals surface area (Å²) in [5, 5.41) is 0.822. The van der Waals surface area contributed by atoms with Gasteiger partial charge in [-0.3, -0.25) is 4.90 Å². The highest BCUT2D eigenvalue weighted by molar-refractivity contribution is 9.10. The van der Waals surface area contributed by atoms with Gasteiger partial charge in [-0.05, 0) is 64.7 Å². The number of amides is 1. The van der Waals surface area contributed by atoms with Crippen molar-refractivity contribution in [3.8, 4) is 0 Å². The van der Waals surface area contributed by atoms with Crippen LogP contribution in [-0.4, -0.2) is 22.0 Å². The molecule has 2 fully saturated rings. The quantitative estimate of drug-likeness (QED) is 0.473. The number of fused-ring (bicyclic) bond motifs is 1. The van der Waals surface area contributed by atoms with Crippen LogP contribution in [0, 0.1) is 0 Å². The first-order valence-electron chi connectivity index (χ1n) is 8.33. The Hall–Kier alpha value is -1.51. The summed E-state index contributed by atoms with van der Waals surface area (Å²) in [6, 6.07) is 6.15. The number of nitrogens with zero attached hydrogens (tertiary/aromatic N) is 2. The summed E-state index contributed by atoms with van der Waals surface area (Å²) >= 11 is 15.4. The number of ether oxygens (including phenoxy) is 1. The van der Waals surface area contributed by atoms with Crippen LogP contribution in [0.4, 0.5) is 18.0 Å². The highest BCUT2D eigenvalue weighted by Crippen LogP contribution is 2.48. The zero-order chi connectivity index (χ0) is 20.2. The minimum absolute atomic E-state index is 0.166. The molecule has 3 atom stereocenters. The highest BCUT2D eigenvalue weighted by Gasteiger charge is 2.51. The van der Waals surface area contributed by atoms with Crippen LogP contribution in [0.25, 0.3) is 0 Å². The molecule has 2 aliphatic rings. The Morgan fingerprint density at radius 2 is 1.82 bits per heavy atom. The number of cyclic esters (lactones) is 1. The monoisotopic (exact) mass is 494 g/mol. The van der Waals surface area contributed by atoms with Gasteiger partial charge in [-0.25, -0.2) is 9.78 Å². The van der Waals surface area contributed by atoms with Gasteiger partial charge < -0.3 is 4.74 Å². The molecule has 4 rings (SSSR count). The van der Waals surface area contributed by atoms with Gasteiger partial charge in [-0.2, -0.15) is 13.2 Å². The predicted octanol–water partition coefficient (Wildman–Crippen LogP) is 6.57. The molecule has 0 radical (unpaired) electrons. The number of benzene rings is 1. The third kappa shape index (κ3) is 3.46. The Bertz CT molecular complexity index is 937. The fourth-order valence-electron chi connectivity index (χ4n) is 3.79. The van der Waals surface area contributed by atoms with Gasteiger partial charge in [0.2, 0.25) is 0 Å². The summed E-state index contributed by atoms with van der Waals surface area (Å²) in [6.07, 6.45) is -4.75. The first-order valence-corrected chi connectivity index (χ1v) is 9.88. The molecule has 1 aromatic carbocycles. The lowest BCUT2D eigenvalue weighted by atomic mass is 10.0. The molecule has 3 heterocycles. The normalized spacial score (nSPS) is 24.4. The molecular weight excluding hydrogens is 484 g/mol. The van der Waals surface area contributed by atoms with Crippen molar-refractivity contribution in [2.24, 2.45) is 0 Å². The van der Waals surface area contributed by atoms with E-state index in [4.69, 9.17) is 27.9 Å². The number of alkyl halides is 3. The van der Waals surface area contributed by atoms with E-state index in [9.17, 15) is 18.0 Å². The van der Waals surface area contributed by atoms with Crippen molar-refractivity contribution in [2.75, 3.05) is 0 Å². The number of carbonyl (C=O) groups is 1. The number of carbonyl (C=O) groups excluding carboxylic acids is 1. The molecule has 1 aromatic heterocycles. The number of aromatic nitrogens is 1. The molecule has 4 nitrogen and oxygen atoms in total. The molecule has 0 unspecified atom stereocenters. The smallest absolute Gasteiger partial charge is 0.433 e. The second-order valence-electron chi connectivity index (χ2n) is 6.64. The molecule has 2 aliphatic heterocycles. The molecule has 0 aliphatic carbocycles. The first-order chi connectivity index (χ1) is 13.1. The SMILES string of the molecule is O=C1O[C@H](c2cc(Cl)cc(Cl)c2)[C@@H]2CC[C@@H](c3nc(C(F)(F)F)ccc3Br)N12. The maximum atomic E-state index is 13.1. The first kappa shape index (κ1) is 19.8. The van der Waals surface area contributed by atoms with Crippen molar-refractivity contribution < 1.29 is 22.7 Å². The van der Waals surface area contributed by atoms with Crippen LogP contribution in [0.1, 0.15) is 41.9 Å². The fourth-order valence-corrected chi connectivity index (χ4v) is 4.82. The van der Waals surface area contributed by atoms with Crippen molar-refractivity contribution in [1.82, 2.24) is 9.88 Å². The lowest BCUT2D eigenvalue weighted by molar-refractivity contribution is -0.141. The number of rotatable bonds is 2. The number of hydrogen-bond acceptors (Lipinski definition) is 3. The predicted molar refractivity (Wildman–Crippen MR) is 100 cm³/mol. The lowest BCUT2D eigenvalue weighted by Crippen LogP contribution is -2.31. The molecule has 28 heavy (non-hydrogen) atoms. The average Bonchev–Trinajstić information content (AvgIpc) is 3.15. The van der Waals surface area contributed by atoms with Crippen molar-refractivity contribution in [3.63, 3.8) is 0 Å². The average molecular weight is 496 g/mol. The van der Waals surface area contributed by atoms with Crippen LogP contribution in [0.15, 0.2) is 34.8 Å². The van der Waals surface area contributed by atoms with Crippen molar-refractivity contribution in [3.05, 3.63) is 61.8 Å². The van der Waals surface area contributed by atoms with Crippen molar-refractivity contribution in [2.45, 2.75) is 37.2 Å². The topological polar surface area (TPSA) is 42.4 Å². The summed E-state index contributed by atoms with van der Waals surface area (Å²) in [7, 11) is 0. The maximum absolute atomic E-state index is 13.1. The van der Waals surface area contributed by atoms with E-state index in [0.29, 0.717) is 32.9 Å². The second-order valence-corrected chi connectivity index (χ2v) is 8.36. The lowest BCUT2D eigenvalue weighted by Gasteiger charge is -2.23. The maximum Gasteiger partial charge on any atom is 0.433 e. The van der Waals surface area contributed by atoms with E-state index in [1.54, 1.807) is 18.2 Å². The number of hydrogen-bond donors (Lipinski definition) is 0. The van der Waals surface area contributed by atoms with E-state index in [-0.39, 0.29) is 11.7 Å². The Morgan fingerprint density at radius 1 is 1.14 bits per heavy atom. The minimum Gasteiger partial charge on any atom is -0.439 e. The number of halogens is 6. The summed E-state index contributed by atoms with van der Waals surface area (Å²) < 4.78 is 45.2. The highest BCUT2D eigenvalue weighted by atomic mass is 79.9. The molecule has 148 valence electrons. The van der Waals surface area contributed by atoms with Crippen LogP contribution in [0.3, 0.4) is 0 Å². The van der Waals surface area contributed by atoms with Gasteiger partial charge in [0.25, 0.3) is 0 Å². The molecule has 2 aromatic rings. The van der Waals surface area contributed by atoms with Crippen molar-refractivity contribution in [1.29, 1.82) is 0 Å². The molecule has 0 saturated carbocycles. The largest absolute Gasteiger partial charge is 0.439 e. The molecule has 0 spiro atoms. The van der Waals surface area contributed by atoms with E-state index in [0.717, 1.165) is 6.07 Å². The van der Waals surface area contributed by atoms with Crippen LogP contribution in [0.2, 0.25) is 10.0 Å². The van der Waals surface area contributed by atoms with Crippen LogP contribution in [-0.2, 0) is 10.9 Å². The van der Waals surface area contributed by atoms with Crippen LogP contribution < -0.4 is 0 Å². The summed E-state index contributed by atoms with van der Waals surface area (Å²) in [5.41, 5.74) is -0.186. The van der Waals surface area contributed by atoms with Crippen LogP contribution in [0.5, 0.6) is 0 Å². The Kier molecular flexibility index (Phi) is 5.00. The Labute approximate surface area is 176 Å². The Morgan fingerprint density at radius 3 is 2.46 bits per heavy atom. The summed E-state index contributed by atoms with van der Waals surface area (Å²) in [4.78, 5) is 17.8. The van der Waals surface area contributed by atoms with Crippen LogP contribution >= 0.6 is 39.1 Å². The number of pyridine rings is 1. The second kappa shape index (κ2) is 7.07. The summed E-state index contributed by atoms with van der Waals surface area (Å²) in [6.45, 7) is 0. The van der Waals surface area contributed by atoms with E-state index in [2.05, 4.69) is 20.9 Å². The molecule has 0 bridgehead atoms. The van der Waals surface area contributed by atoms with Gasteiger partial charge in [0.1, 0.15) is 11.8 Å². The standard InChI is InChI=1S/C18H12BrCl2F3N2O2/c19-11-1-4-14(18(22,23)24)25-15(11)12-2-3-13-16(28-17(27)26(12)13)8-5-9(20)7-10(21)6-8/h1,4-7,12-13,16H,2-3H2/t12-,13-,16+/m0/s1. The molecule has 2 saturated heterocycles. The summed E-state index contributed by atoms with van der Waals surface area (Å²) in [5.74, 6) is 0. The Balaban J connectivity index is 1.69. The van der Waals surface area contributed by atoms with E-state index in [1.165, 1.54) is 11.0 Å². The third-order valence-electron chi connectivity index (χ3n) is 4.91. The van der Waals surface area contributed by atoms with Gasteiger partial charge in [0.05, 0.1) is 17.8 Å². The van der Waals surface area contributed by atoms with Gasteiger partial charge in [0, 0.05) is 14.5 Å². The molecule has 10 heteroatoms. The van der Waals surface area contributed by atoms with E-state index >= 15 is 0 Å². The fraction of sp³-hybridized carbons (Fsp3) is 0.333. The van der Waals surface area contributed by atoms with Gasteiger partial charge in [-0.1, -0.05) is 23.2 Å². The zero-order valence-electron chi connectivity index (χ0n) is 14.0. The van der Waals surface area contributed by atoms with Gasteiger partial charge in [0.15, 0.2) is 0 Å². The van der Waals surface area contributed by atoms with Crippen molar-refractivity contribution >= 4 is 45.2 Å². The van der Waals surface area contributed by atoms with Gasteiger partial charge in [-0.15, -0.1) is 0 Å². The minimum atomic E-state index is -4.57. The molecule has 1 amide bonds. The van der Waals surface area contributed by atoms with E-state index in [1.807, 2.05) is 0 Å². The van der Waals surface area contributed by atoms with Gasteiger partial charge >= 0.3 is 12.3 Å². The molecular formula is C18H12BrCl2F3N2O2. The molecule has 0 N–H and O–H groups in total. The van der Waals surface area contributed by atoms with E-state index < -0.39 is 30.1 Å². The third-order valence-corrected chi connectivity index (χ3v) is 6.02.